The Kier molecular flexibility index (Phi) is 4.69. The van der Waals surface area contributed by atoms with E-state index in [0.29, 0.717) is 21.6 Å². The van der Waals surface area contributed by atoms with Gasteiger partial charge in [0.15, 0.2) is 0 Å². The van der Waals surface area contributed by atoms with Crippen molar-refractivity contribution in [1.82, 2.24) is 4.98 Å². The molecule has 0 spiro atoms. The van der Waals surface area contributed by atoms with Gasteiger partial charge < -0.3 is 5.32 Å². The Bertz CT molecular complexity index is 619. The Morgan fingerprint density at radius 3 is 2.74 bits per heavy atom. The number of thioether (sulfide) groups is 1. The van der Waals surface area contributed by atoms with Gasteiger partial charge in [-0.2, -0.15) is 0 Å². The molecule has 0 saturated heterocycles. The highest BCUT2D eigenvalue weighted by Crippen LogP contribution is 2.23. The van der Waals surface area contributed by atoms with Crippen molar-refractivity contribution in [2.75, 3.05) is 11.6 Å². The fourth-order valence-electron chi connectivity index (χ4n) is 1.47. The van der Waals surface area contributed by atoms with E-state index in [9.17, 15) is 4.79 Å². The number of nitrogens with zero attached hydrogens (tertiary/aromatic N) is 1. The Morgan fingerprint density at radius 1 is 1.26 bits per heavy atom. The van der Waals surface area contributed by atoms with Crippen LogP contribution in [0.4, 0.5) is 5.82 Å². The molecule has 2 rings (SSSR count). The van der Waals surface area contributed by atoms with E-state index < -0.39 is 0 Å². The number of aromatic nitrogens is 1. The van der Waals surface area contributed by atoms with E-state index in [4.69, 9.17) is 23.2 Å². The normalized spacial score (nSPS) is 10.3. The third kappa shape index (κ3) is 3.62. The first-order chi connectivity index (χ1) is 9.10. The number of halogens is 2. The van der Waals surface area contributed by atoms with Gasteiger partial charge in [-0.15, -0.1) is 11.8 Å². The summed E-state index contributed by atoms with van der Waals surface area (Å²) < 4.78 is 0. The monoisotopic (exact) mass is 312 g/mol. The lowest BCUT2D eigenvalue weighted by molar-refractivity contribution is 0.102. The van der Waals surface area contributed by atoms with Crippen molar-refractivity contribution < 1.29 is 4.79 Å². The molecule has 0 bridgehead atoms. The molecule has 0 fully saturated rings. The lowest BCUT2D eigenvalue weighted by atomic mass is 10.2. The van der Waals surface area contributed by atoms with Crippen LogP contribution >= 0.6 is 35.0 Å². The van der Waals surface area contributed by atoms with Gasteiger partial charge in [-0.1, -0.05) is 29.3 Å². The summed E-state index contributed by atoms with van der Waals surface area (Å²) in [6, 6.07) is 10.3. The molecule has 0 atom stereocenters. The maximum absolute atomic E-state index is 12.1. The molecular formula is C13H10Cl2N2OS. The van der Waals surface area contributed by atoms with E-state index in [1.54, 1.807) is 42.1 Å². The van der Waals surface area contributed by atoms with Crippen molar-refractivity contribution in [1.29, 1.82) is 0 Å². The lowest BCUT2D eigenvalue weighted by Crippen LogP contribution is -2.13. The fraction of sp³-hybridized carbons (Fsp3) is 0.0769. The van der Waals surface area contributed by atoms with Crippen molar-refractivity contribution >= 4 is 46.7 Å². The number of benzene rings is 1. The zero-order valence-electron chi connectivity index (χ0n) is 9.98. The number of carbonyl (C=O) groups excluding carboxylic acids is 1. The maximum atomic E-state index is 12.1. The molecule has 6 heteroatoms. The van der Waals surface area contributed by atoms with Crippen molar-refractivity contribution in [2.24, 2.45) is 0 Å². The quantitative estimate of drug-likeness (QED) is 0.676. The van der Waals surface area contributed by atoms with Gasteiger partial charge in [0.1, 0.15) is 11.0 Å². The summed E-state index contributed by atoms with van der Waals surface area (Å²) in [5, 5.41) is 3.38. The largest absolute Gasteiger partial charge is 0.306 e. The second-order valence-corrected chi connectivity index (χ2v) is 5.32. The molecule has 3 nitrogen and oxygen atoms in total. The van der Waals surface area contributed by atoms with Crippen molar-refractivity contribution in [3.8, 4) is 0 Å². The van der Waals surface area contributed by atoms with E-state index in [2.05, 4.69) is 10.3 Å². The summed E-state index contributed by atoms with van der Waals surface area (Å²) in [4.78, 5) is 17.1. The first-order valence-electron chi connectivity index (χ1n) is 5.37. The van der Waals surface area contributed by atoms with Crippen LogP contribution in [0, 0.1) is 0 Å². The van der Waals surface area contributed by atoms with Crippen LogP contribution < -0.4 is 5.32 Å². The molecule has 1 aromatic carbocycles. The SMILES string of the molecule is CSc1ccc(Cl)c(C(=O)Nc2cccc(Cl)n2)c1. The minimum Gasteiger partial charge on any atom is -0.306 e. The first kappa shape index (κ1) is 14.2. The van der Waals surface area contributed by atoms with E-state index in [0.717, 1.165) is 4.90 Å². The number of hydrogen-bond donors (Lipinski definition) is 1. The Labute approximate surface area is 125 Å². The van der Waals surface area contributed by atoms with Crippen LogP contribution in [0.5, 0.6) is 0 Å². The fourth-order valence-corrected chi connectivity index (χ4v) is 2.27. The van der Waals surface area contributed by atoms with Gasteiger partial charge >= 0.3 is 0 Å². The summed E-state index contributed by atoms with van der Waals surface area (Å²) in [5.74, 6) is 0.0822. The van der Waals surface area contributed by atoms with Gasteiger partial charge in [0.25, 0.3) is 5.91 Å². The second-order valence-electron chi connectivity index (χ2n) is 3.65. The van der Waals surface area contributed by atoms with Crippen LogP contribution in [0.1, 0.15) is 10.4 Å². The predicted molar refractivity (Wildman–Crippen MR) is 80.4 cm³/mol. The zero-order chi connectivity index (χ0) is 13.8. The van der Waals surface area contributed by atoms with Crippen LogP contribution in [0.2, 0.25) is 10.2 Å². The van der Waals surface area contributed by atoms with Gasteiger partial charge in [0.2, 0.25) is 0 Å². The number of pyridine rings is 1. The zero-order valence-corrected chi connectivity index (χ0v) is 12.3. The highest BCUT2D eigenvalue weighted by atomic mass is 35.5. The van der Waals surface area contributed by atoms with Crippen molar-refractivity contribution in [2.45, 2.75) is 4.90 Å². The molecule has 19 heavy (non-hydrogen) atoms. The van der Waals surface area contributed by atoms with Gasteiger partial charge in [0.05, 0.1) is 10.6 Å². The maximum Gasteiger partial charge on any atom is 0.258 e. The van der Waals surface area contributed by atoms with Gasteiger partial charge in [-0.05, 0) is 36.6 Å². The molecule has 98 valence electrons. The molecular weight excluding hydrogens is 303 g/mol. The minimum absolute atomic E-state index is 0.310. The van der Waals surface area contributed by atoms with Crippen LogP contribution in [-0.4, -0.2) is 17.1 Å². The van der Waals surface area contributed by atoms with Gasteiger partial charge in [-0.25, -0.2) is 4.98 Å². The number of carbonyl (C=O) groups is 1. The third-order valence-electron chi connectivity index (χ3n) is 2.37. The van der Waals surface area contributed by atoms with E-state index in [1.807, 2.05) is 12.3 Å². The van der Waals surface area contributed by atoms with Crippen molar-refractivity contribution in [3.05, 3.63) is 52.1 Å². The topological polar surface area (TPSA) is 42.0 Å². The lowest BCUT2D eigenvalue weighted by Gasteiger charge is -2.07. The third-order valence-corrected chi connectivity index (χ3v) is 3.64. The molecule has 1 aromatic heterocycles. The Morgan fingerprint density at radius 2 is 2.05 bits per heavy atom. The smallest absolute Gasteiger partial charge is 0.258 e. The summed E-state index contributed by atoms with van der Waals surface area (Å²) >= 11 is 13.3. The number of amides is 1. The molecule has 0 aliphatic rings. The highest BCUT2D eigenvalue weighted by Gasteiger charge is 2.12. The number of nitrogens with one attached hydrogen (secondary N) is 1. The standard InChI is InChI=1S/C13H10Cl2N2OS/c1-19-8-5-6-10(14)9(7-8)13(18)17-12-4-2-3-11(15)16-12/h2-7H,1H3,(H,16,17,18). The van der Waals surface area contributed by atoms with Crippen molar-refractivity contribution in [3.63, 3.8) is 0 Å². The summed E-state index contributed by atoms with van der Waals surface area (Å²) in [7, 11) is 0. The van der Waals surface area contributed by atoms with Crippen LogP contribution in [0.25, 0.3) is 0 Å². The van der Waals surface area contributed by atoms with Gasteiger partial charge in [-0.3, -0.25) is 4.79 Å². The molecule has 0 radical (unpaired) electrons. The summed E-state index contributed by atoms with van der Waals surface area (Å²) in [5.41, 5.74) is 0.412. The van der Waals surface area contributed by atoms with E-state index in [-0.39, 0.29) is 5.91 Å². The highest BCUT2D eigenvalue weighted by molar-refractivity contribution is 7.98. The Hall–Kier alpha value is -1.23. The van der Waals surface area contributed by atoms with E-state index >= 15 is 0 Å². The molecule has 1 heterocycles. The Balaban J connectivity index is 2.25. The summed E-state index contributed by atoms with van der Waals surface area (Å²) in [6.07, 6.45) is 1.93. The molecule has 1 N–H and O–H groups in total. The number of rotatable bonds is 3. The molecule has 0 aliphatic carbocycles. The van der Waals surface area contributed by atoms with Gasteiger partial charge in [0, 0.05) is 4.90 Å². The molecule has 0 saturated carbocycles. The van der Waals surface area contributed by atoms with E-state index in [1.165, 1.54) is 0 Å². The minimum atomic E-state index is -0.310. The predicted octanol–water partition coefficient (Wildman–Crippen LogP) is 4.36. The molecule has 0 unspecified atom stereocenters. The van der Waals surface area contributed by atoms with Crippen LogP contribution in [0.3, 0.4) is 0 Å². The van der Waals surface area contributed by atoms with Crippen LogP contribution in [0.15, 0.2) is 41.3 Å². The molecule has 1 amide bonds. The number of hydrogen-bond acceptors (Lipinski definition) is 3. The number of anilines is 1. The average Bonchev–Trinajstić information content (AvgIpc) is 2.39. The average molecular weight is 313 g/mol. The molecule has 2 aromatic rings. The summed E-state index contributed by atoms with van der Waals surface area (Å²) in [6.45, 7) is 0. The second kappa shape index (κ2) is 6.28. The van der Waals surface area contributed by atoms with Crippen LogP contribution in [-0.2, 0) is 0 Å². The molecule has 0 aliphatic heterocycles. The first-order valence-corrected chi connectivity index (χ1v) is 7.35.